The van der Waals surface area contributed by atoms with Crippen molar-refractivity contribution in [3.05, 3.63) is 18.0 Å². The molecule has 0 spiro atoms. The molecular formula is C14H24F2N4O2. The van der Waals surface area contributed by atoms with Crippen LogP contribution in [0, 0.1) is 0 Å². The molecule has 0 saturated carbocycles. The maximum Gasteiger partial charge on any atom is 0.407 e. The van der Waals surface area contributed by atoms with Crippen molar-refractivity contribution in [2.24, 2.45) is 7.05 Å². The molecule has 8 heteroatoms. The van der Waals surface area contributed by atoms with Gasteiger partial charge in [-0.2, -0.15) is 5.10 Å². The zero-order valence-corrected chi connectivity index (χ0v) is 13.6. The van der Waals surface area contributed by atoms with Crippen molar-refractivity contribution < 1.29 is 18.3 Å². The van der Waals surface area contributed by atoms with E-state index < -0.39 is 30.7 Å². The molecule has 1 heterocycles. The Morgan fingerprint density at radius 1 is 1.41 bits per heavy atom. The van der Waals surface area contributed by atoms with Gasteiger partial charge in [0, 0.05) is 19.3 Å². The number of hydrogen-bond donors (Lipinski definition) is 2. The summed E-state index contributed by atoms with van der Waals surface area (Å²) in [6.07, 6.45) is 0.752. The SMILES string of the molecule is CC(NCC(F)(F)CNC(=O)OC(C)(C)C)c1ccnn1C. The third kappa shape index (κ3) is 6.38. The normalized spacial score (nSPS) is 13.8. The van der Waals surface area contributed by atoms with E-state index in [2.05, 4.69) is 15.7 Å². The molecule has 6 nitrogen and oxygen atoms in total. The molecule has 126 valence electrons. The number of nitrogens with zero attached hydrogens (tertiary/aromatic N) is 2. The molecule has 1 unspecified atom stereocenters. The van der Waals surface area contributed by atoms with Gasteiger partial charge in [-0.1, -0.05) is 0 Å². The summed E-state index contributed by atoms with van der Waals surface area (Å²) in [7, 11) is 1.75. The van der Waals surface area contributed by atoms with E-state index in [1.54, 1.807) is 51.7 Å². The smallest absolute Gasteiger partial charge is 0.407 e. The Hall–Kier alpha value is -1.70. The van der Waals surface area contributed by atoms with Gasteiger partial charge in [-0.15, -0.1) is 0 Å². The van der Waals surface area contributed by atoms with Crippen molar-refractivity contribution in [1.82, 2.24) is 20.4 Å². The van der Waals surface area contributed by atoms with Gasteiger partial charge >= 0.3 is 6.09 Å². The van der Waals surface area contributed by atoms with Crippen LogP contribution in [0.3, 0.4) is 0 Å². The third-order valence-corrected chi connectivity index (χ3v) is 2.86. The first-order chi connectivity index (χ1) is 10.0. The fourth-order valence-electron chi connectivity index (χ4n) is 1.79. The zero-order chi connectivity index (χ0) is 17.0. The third-order valence-electron chi connectivity index (χ3n) is 2.86. The monoisotopic (exact) mass is 318 g/mol. The lowest BCUT2D eigenvalue weighted by molar-refractivity contribution is -0.00540. The van der Waals surface area contributed by atoms with E-state index in [9.17, 15) is 13.6 Å². The van der Waals surface area contributed by atoms with Crippen molar-refractivity contribution in [2.45, 2.75) is 45.3 Å². The lowest BCUT2D eigenvalue weighted by Gasteiger charge is -2.23. The average Bonchev–Trinajstić information content (AvgIpc) is 2.78. The topological polar surface area (TPSA) is 68.2 Å². The second kappa shape index (κ2) is 7.04. The Labute approximate surface area is 129 Å². The number of rotatable bonds is 6. The Morgan fingerprint density at radius 2 is 2.05 bits per heavy atom. The number of aromatic nitrogens is 2. The molecule has 1 aromatic heterocycles. The van der Waals surface area contributed by atoms with Gasteiger partial charge in [-0.05, 0) is 33.8 Å². The maximum absolute atomic E-state index is 13.8. The molecule has 1 rings (SSSR count). The summed E-state index contributed by atoms with van der Waals surface area (Å²) in [6.45, 7) is 5.43. The van der Waals surface area contributed by atoms with E-state index in [4.69, 9.17) is 4.74 Å². The summed E-state index contributed by atoms with van der Waals surface area (Å²) in [6, 6.07) is 1.48. The summed E-state index contributed by atoms with van der Waals surface area (Å²) in [5.74, 6) is -3.08. The fraction of sp³-hybridized carbons (Fsp3) is 0.714. The zero-order valence-electron chi connectivity index (χ0n) is 13.6. The first kappa shape index (κ1) is 18.3. The average molecular weight is 318 g/mol. The van der Waals surface area contributed by atoms with Crippen LogP contribution in [0.25, 0.3) is 0 Å². The predicted octanol–water partition coefficient (Wildman–Crippen LogP) is 2.23. The lowest BCUT2D eigenvalue weighted by Crippen LogP contribution is -2.45. The van der Waals surface area contributed by atoms with E-state index in [0.717, 1.165) is 5.69 Å². The van der Waals surface area contributed by atoms with Crippen LogP contribution in [-0.4, -0.2) is 40.5 Å². The van der Waals surface area contributed by atoms with Crippen LogP contribution in [0.5, 0.6) is 0 Å². The first-order valence-corrected chi connectivity index (χ1v) is 7.06. The molecule has 0 aliphatic heterocycles. The number of alkyl carbamates (subject to hydrolysis) is 1. The van der Waals surface area contributed by atoms with Crippen molar-refractivity contribution in [3.63, 3.8) is 0 Å². The number of carbonyl (C=O) groups excluding carboxylic acids is 1. The first-order valence-electron chi connectivity index (χ1n) is 7.06. The van der Waals surface area contributed by atoms with Crippen molar-refractivity contribution in [3.8, 4) is 0 Å². The van der Waals surface area contributed by atoms with Gasteiger partial charge in [0.2, 0.25) is 0 Å². The van der Waals surface area contributed by atoms with Gasteiger partial charge in [-0.25, -0.2) is 13.6 Å². The number of ether oxygens (including phenoxy) is 1. The predicted molar refractivity (Wildman–Crippen MR) is 78.8 cm³/mol. The maximum atomic E-state index is 13.8. The summed E-state index contributed by atoms with van der Waals surface area (Å²) >= 11 is 0. The van der Waals surface area contributed by atoms with E-state index in [-0.39, 0.29) is 6.04 Å². The van der Waals surface area contributed by atoms with E-state index in [1.165, 1.54) is 0 Å². The molecule has 0 aliphatic carbocycles. The number of aryl methyl sites for hydroxylation is 1. The number of nitrogens with one attached hydrogen (secondary N) is 2. The highest BCUT2D eigenvalue weighted by molar-refractivity contribution is 5.67. The number of hydrogen-bond acceptors (Lipinski definition) is 4. The molecule has 0 aromatic carbocycles. The molecule has 22 heavy (non-hydrogen) atoms. The lowest BCUT2D eigenvalue weighted by atomic mass is 10.2. The molecule has 1 amide bonds. The molecule has 1 atom stereocenters. The number of halogens is 2. The summed E-state index contributed by atoms with van der Waals surface area (Å²) < 4.78 is 34.1. The fourth-order valence-corrected chi connectivity index (χ4v) is 1.79. The largest absolute Gasteiger partial charge is 0.444 e. The van der Waals surface area contributed by atoms with Crippen LogP contribution in [-0.2, 0) is 11.8 Å². The summed E-state index contributed by atoms with van der Waals surface area (Å²) in [4.78, 5) is 11.4. The Bertz CT molecular complexity index is 497. The highest BCUT2D eigenvalue weighted by atomic mass is 19.3. The molecule has 0 bridgehead atoms. The van der Waals surface area contributed by atoms with Crippen LogP contribution < -0.4 is 10.6 Å². The Balaban J connectivity index is 2.41. The molecule has 0 radical (unpaired) electrons. The highest BCUT2D eigenvalue weighted by Crippen LogP contribution is 2.15. The molecule has 2 N–H and O–H groups in total. The van der Waals surface area contributed by atoms with Crippen molar-refractivity contribution >= 4 is 6.09 Å². The number of carbonyl (C=O) groups is 1. The Morgan fingerprint density at radius 3 is 2.55 bits per heavy atom. The van der Waals surface area contributed by atoms with Crippen LogP contribution in [0.4, 0.5) is 13.6 Å². The van der Waals surface area contributed by atoms with Gasteiger partial charge in [0.15, 0.2) is 0 Å². The second-order valence-electron chi connectivity index (χ2n) is 6.19. The summed E-state index contributed by atoms with van der Waals surface area (Å²) in [5.41, 5.74) is 0.0852. The van der Waals surface area contributed by atoms with Crippen LogP contribution in [0.1, 0.15) is 39.4 Å². The van der Waals surface area contributed by atoms with Crippen LogP contribution >= 0.6 is 0 Å². The van der Waals surface area contributed by atoms with Gasteiger partial charge in [0.05, 0.1) is 18.8 Å². The second-order valence-corrected chi connectivity index (χ2v) is 6.19. The summed E-state index contributed by atoms with van der Waals surface area (Å²) in [5, 5.41) is 8.81. The quantitative estimate of drug-likeness (QED) is 0.844. The standard InChI is InChI=1S/C14H24F2N4O2/c1-10(11-6-7-19-20(11)5)17-8-14(15,16)9-18-12(21)22-13(2,3)4/h6-7,10,17H,8-9H2,1-5H3,(H,18,21). The van der Waals surface area contributed by atoms with E-state index >= 15 is 0 Å². The van der Waals surface area contributed by atoms with Crippen LogP contribution in [0.2, 0.25) is 0 Å². The number of alkyl halides is 2. The highest BCUT2D eigenvalue weighted by Gasteiger charge is 2.31. The molecule has 0 saturated heterocycles. The van der Waals surface area contributed by atoms with Gasteiger partial charge in [0.25, 0.3) is 5.92 Å². The number of amides is 1. The van der Waals surface area contributed by atoms with Gasteiger partial charge in [-0.3, -0.25) is 4.68 Å². The van der Waals surface area contributed by atoms with Crippen LogP contribution in [0.15, 0.2) is 12.3 Å². The minimum absolute atomic E-state index is 0.278. The van der Waals surface area contributed by atoms with Crippen molar-refractivity contribution in [1.29, 1.82) is 0 Å². The molecule has 0 fully saturated rings. The minimum Gasteiger partial charge on any atom is -0.444 e. The minimum atomic E-state index is -3.08. The van der Waals surface area contributed by atoms with E-state index in [1.807, 2.05) is 0 Å². The van der Waals surface area contributed by atoms with Gasteiger partial charge < -0.3 is 15.4 Å². The molecular weight excluding hydrogens is 294 g/mol. The van der Waals surface area contributed by atoms with Crippen molar-refractivity contribution in [2.75, 3.05) is 13.1 Å². The molecule has 0 aliphatic rings. The Kier molecular flexibility index (Phi) is 5.87. The van der Waals surface area contributed by atoms with E-state index in [0.29, 0.717) is 0 Å². The molecule has 1 aromatic rings. The van der Waals surface area contributed by atoms with Gasteiger partial charge in [0.1, 0.15) is 5.60 Å².